The zero-order valence-electron chi connectivity index (χ0n) is 2.98. The van der Waals surface area contributed by atoms with Gasteiger partial charge in [-0.05, 0) is 11.2 Å². The maximum atomic E-state index is 9.70. The molecule has 0 heterocycles. The summed E-state index contributed by atoms with van der Waals surface area (Å²) < 4.78 is 13.8. The van der Waals surface area contributed by atoms with Gasteiger partial charge >= 0.3 is 7.38 Å². The second-order valence-electron chi connectivity index (χ2n) is 0.522. The van der Waals surface area contributed by atoms with E-state index in [0.717, 1.165) is 6.26 Å². The largest absolute Gasteiger partial charge is 0.443 e. The maximum Gasteiger partial charge on any atom is 0.324 e. The number of hydrogen-bond donors (Lipinski definition) is 0. The molecule has 0 aliphatic heterocycles. The first kappa shape index (κ1) is 6.06. The molecule has 0 aromatic heterocycles. The Kier molecular flexibility index (Phi) is 3.29. The van der Waals surface area contributed by atoms with Gasteiger partial charge in [0.1, 0.15) is 0 Å². The topological polar surface area (TPSA) is 26.3 Å². The summed E-state index contributed by atoms with van der Waals surface area (Å²) in [6.07, 6.45) is 1.05. The molecule has 0 spiro atoms. The summed E-state index contributed by atoms with van der Waals surface area (Å²) in [6.45, 7) is 3.12. The molecule has 0 aromatic rings. The lowest BCUT2D eigenvalue weighted by Crippen LogP contribution is -1.48. The van der Waals surface area contributed by atoms with Crippen LogP contribution in [-0.4, -0.2) is 0 Å². The van der Waals surface area contributed by atoms with Crippen LogP contribution in [0.1, 0.15) is 0 Å². The van der Waals surface area contributed by atoms with Crippen LogP contribution in [0.2, 0.25) is 0 Å². The molecule has 1 unspecified atom stereocenters. The second kappa shape index (κ2) is 3.26. The van der Waals surface area contributed by atoms with E-state index < -0.39 is 7.38 Å². The first-order valence-electron chi connectivity index (χ1n) is 1.24. The Morgan fingerprint density at radius 1 is 2.00 bits per heavy atom. The minimum atomic E-state index is -2.28. The molecule has 0 saturated heterocycles. The maximum absolute atomic E-state index is 9.70. The lowest BCUT2D eigenvalue weighted by atomic mass is 11.2. The van der Waals surface area contributed by atoms with Gasteiger partial charge in [0.2, 0.25) is 0 Å². The van der Waals surface area contributed by atoms with Crippen molar-refractivity contribution < 1.29 is 9.09 Å². The zero-order chi connectivity index (χ0) is 4.99. The minimum absolute atomic E-state index is 1.05. The third-order valence-electron chi connectivity index (χ3n) is 0.176. The van der Waals surface area contributed by atoms with Crippen LogP contribution >= 0.6 is 18.6 Å². The molecule has 0 saturated carbocycles. The highest BCUT2D eigenvalue weighted by Gasteiger charge is 1.78. The van der Waals surface area contributed by atoms with Crippen LogP contribution in [0.4, 0.5) is 0 Å². The smallest absolute Gasteiger partial charge is 0.324 e. The van der Waals surface area contributed by atoms with Gasteiger partial charge in [0, 0.05) is 0 Å². The third kappa shape index (κ3) is 4.06. The van der Waals surface area contributed by atoms with E-state index in [4.69, 9.17) is 11.2 Å². The minimum Gasteiger partial charge on any atom is -0.443 e. The molecule has 1 atom stereocenters. The van der Waals surface area contributed by atoms with E-state index in [2.05, 4.69) is 11.1 Å². The Labute approximate surface area is 41.4 Å². The van der Waals surface area contributed by atoms with Crippen LogP contribution in [0.25, 0.3) is 0 Å². The Morgan fingerprint density at radius 2 is 2.50 bits per heavy atom. The van der Waals surface area contributed by atoms with Gasteiger partial charge in [-0.3, -0.25) is 4.57 Å². The molecule has 0 radical (unpaired) electrons. The Bertz CT molecular complexity index is 71.9. The molecule has 36 valence electrons. The van der Waals surface area contributed by atoms with Gasteiger partial charge in [0.15, 0.2) is 0 Å². The van der Waals surface area contributed by atoms with E-state index in [9.17, 15) is 4.57 Å². The zero-order valence-corrected chi connectivity index (χ0v) is 4.73. The van der Waals surface area contributed by atoms with Crippen molar-refractivity contribution in [2.24, 2.45) is 0 Å². The van der Waals surface area contributed by atoms with Gasteiger partial charge in [-0.15, -0.1) is 0 Å². The number of rotatable bonds is 2. The summed E-state index contributed by atoms with van der Waals surface area (Å²) >= 11 is 4.83. The van der Waals surface area contributed by atoms with E-state index in [-0.39, 0.29) is 0 Å². The predicted molar refractivity (Wildman–Crippen MR) is 26.1 cm³/mol. The molecule has 6 heavy (non-hydrogen) atoms. The molecular weight excluding hydrogens is 122 g/mol. The summed E-state index contributed by atoms with van der Waals surface area (Å²) in [6, 6.07) is 0. The monoisotopic (exact) mass is 126 g/mol. The first-order chi connectivity index (χ1) is 2.77. The van der Waals surface area contributed by atoms with E-state index in [1.807, 2.05) is 0 Å². The van der Waals surface area contributed by atoms with Crippen molar-refractivity contribution >= 4 is 18.6 Å². The fourth-order valence-corrected chi connectivity index (χ4v) is 0.386. The second-order valence-corrected chi connectivity index (χ2v) is 2.16. The molecule has 0 amide bonds. The first-order valence-corrected chi connectivity index (χ1v) is 3.57. The highest BCUT2D eigenvalue weighted by Crippen LogP contribution is 2.26. The SMILES string of the molecule is C=CO[PH](=O)Cl. The third-order valence-corrected chi connectivity index (χ3v) is 0.795. The Hall–Kier alpha value is 0.0600. The quantitative estimate of drug-likeness (QED) is 0.416. The molecule has 2 nitrogen and oxygen atoms in total. The van der Waals surface area contributed by atoms with Crippen molar-refractivity contribution in [3.8, 4) is 0 Å². The highest BCUT2D eigenvalue weighted by atomic mass is 35.7. The molecule has 0 bridgehead atoms. The van der Waals surface area contributed by atoms with E-state index in [0.29, 0.717) is 0 Å². The predicted octanol–water partition coefficient (Wildman–Crippen LogP) is 1.77. The van der Waals surface area contributed by atoms with E-state index in [1.54, 1.807) is 0 Å². The number of halogens is 1. The van der Waals surface area contributed by atoms with E-state index >= 15 is 0 Å². The fourth-order valence-electron chi connectivity index (χ4n) is 0.0655. The van der Waals surface area contributed by atoms with Crippen LogP contribution in [0.3, 0.4) is 0 Å². The van der Waals surface area contributed by atoms with Crippen LogP contribution in [0.15, 0.2) is 12.8 Å². The average Bonchev–Trinajstić information content (AvgIpc) is 1.35. The van der Waals surface area contributed by atoms with Gasteiger partial charge in [-0.1, -0.05) is 6.58 Å². The van der Waals surface area contributed by atoms with Crippen molar-refractivity contribution in [3.63, 3.8) is 0 Å². The molecule has 0 aromatic carbocycles. The molecular formula is C2H4ClO2P. The van der Waals surface area contributed by atoms with Gasteiger partial charge in [-0.25, -0.2) is 0 Å². The lowest BCUT2D eigenvalue weighted by molar-refractivity contribution is 0.479. The molecule has 0 aliphatic rings. The van der Waals surface area contributed by atoms with Crippen LogP contribution < -0.4 is 0 Å². The van der Waals surface area contributed by atoms with Crippen LogP contribution in [-0.2, 0) is 9.09 Å². The molecule has 0 aliphatic carbocycles. The Morgan fingerprint density at radius 3 is 2.50 bits per heavy atom. The molecule has 4 heteroatoms. The van der Waals surface area contributed by atoms with Crippen molar-refractivity contribution in [2.45, 2.75) is 0 Å². The van der Waals surface area contributed by atoms with Crippen LogP contribution in [0, 0.1) is 0 Å². The summed E-state index contributed by atoms with van der Waals surface area (Å²) in [5.41, 5.74) is 0. The summed E-state index contributed by atoms with van der Waals surface area (Å²) in [5, 5.41) is 0. The number of hydrogen-bond acceptors (Lipinski definition) is 2. The lowest BCUT2D eigenvalue weighted by Gasteiger charge is -1.83. The Balaban J connectivity index is 3.05. The summed E-state index contributed by atoms with van der Waals surface area (Å²) in [5.74, 6) is 0. The summed E-state index contributed by atoms with van der Waals surface area (Å²) in [4.78, 5) is 0. The fraction of sp³-hybridized carbons (Fsp3) is 0. The summed E-state index contributed by atoms with van der Waals surface area (Å²) in [7, 11) is -2.28. The van der Waals surface area contributed by atoms with Crippen molar-refractivity contribution in [3.05, 3.63) is 12.8 Å². The van der Waals surface area contributed by atoms with Crippen molar-refractivity contribution in [1.29, 1.82) is 0 Å². The highest BCUT2D eigenvalue weighted by molar-refractivity contribution is 7.69. The van der Waals surface area contributed by atoms with Crippen molar-refractivity contribution in [2.75, 3.05) is 0 Å². The van der Waals surface area contributed by atoms with Gasteiger partial charge in [0.05, 0.1) is 6.26 Å². The normalized spacial score (nSPS) is 12.8. The molecule has 0 N–H and O–H groups in total. The average molecular weight is 126 g/mol. The van der Waals surface area contributed by atoms with Gasteiger partial charge in [-0.2, -0.15) is 0 Å². The van der Waals surface area contributed by atoms with Gasteiger partial charge in [0.25, 0.3) is 0 Å². The molecule has 0 rings (SSSR count). The van der Waals surface area contributed by atoms with Gasteiger partial charge < -0.3 is 4.52 Å². The van der Waals surface area contributed by atoms with Crippen LogP contribution in [0.5, 0.6) is 0 Å². The van der Waals surface area contributed by atoms with Crippen molar-refractivity contribution in [1.82, 2.24) is 0 Å². The standard InChI is InChI=1S/C2H4ClO2P/c1-2-5-6(3)4/h2,6H,1H2. The molecule has 0 fully saturated rings. The van der Waals surface area contributed by atoms with E-state index in [1.165, 1.54) is 0 Å².